The van der Waals surface area contributed by atoms with Gasteiger partial charge in [-0.2, -0.15) is 0 Å². The van der Waals surface area contributed by atoms with E-state index in [2.05, 4.69) is 28.2 Å². The summed E-state index contributed by atoms with van der Waals surface area (Å²) in [6.07, 6.45) is 3.87. The van der Waals surface area contributed by atoms with Crippen LogP contribution in [0.5, 0.6) is 5.75 Å². The van der Waals surface area contributed by atoms with Crippen molar-refractivity contribution in [3.63, 3.8) is 0 Å². The summed E-state index contributed by atoms with van der Waals surface area (Å²) in [7, 11) is 0. The van der Waals surface area contributed by atoms with Gasteiger partial charge in [0.15, 0.2) is 0 Å². The molecular formula is C14H20BrNO. The molecule has 1 saturated carbocycles. The molecule has 1 atom stereocenters. The zero-order valence-corrected chi connectivity index (χ0v) is 11.9. The van der Waals surface area contributed by atoms with E-state index in [4.69, 9.17) is 4.74 Å². The highest BCUT2D eigenvalue weighted by Crippen LogP contribution is 2.34. The van der Waals surface area contributed by atoms with Crippen LogP contribution in [0.1, 0.15) is 26.2 Å². The fraction of sp³-hybridized carbons (Fsp3) is 0.571. The van der Waals surface area contributed by atoms with Gasteiger partial charge in [-0.15, -0.1) is 0 Å². The molecular weight excluding hydrogens is 278 g/mol. The lowest BCUT2D eigenvalue weighted by molar-refractivity contribution is 0.277. The summed E-state index contributed by atoms with van der Waals surface area (Å²) in [6.45, 7) is 4.02. The maximum atomic E-state index is 5.77. The average Bonchev–Trinajstić information content (AvgIpc) is 3.12. The number of ether oxygens (including phenoxy) is 1. The van der Waals surface area contributed by atoms with Crippen molar-refractivity contribution in [1.29, 1.82) is 0 Å². The van der Waals surface area contributed by atoms with Gasteiger partial charge in [-0.1, -0.05) is 28.9 Å². The molecule has 1 N–H and O–H groups in total. The van der Waals surface area contributed by atoms with Gasteiger partial charge in [0.05, 0.1) is 6.61 Å². The maximum absolute atomic E-state index is 5.77. The standard InChI is InChI=1S/C14H20BrNO/c1-2-16-14(11-6-7-11)8-9-17-13-5-3-4-12(15)10-13/h3-5,10-11,14,16H,2,6-9H2,1H3. The molecule has 0 bridgehead atoms. The summed E-state index contributed by atoms with van der Waals surface area (Å²) in [5.74, 6) is 1.84. The first kappa shape index (κ1) is 12.9. The molecule has 0 spiro atoms. The Kier molecular flexibility index (Phi) is 4.86. The van der Waals surface area contributed by atoms with Crippen LogP contribution < -0.4 is 10.1 Å². The minimum atomic E-state index is 0.646. The normalized spacial score (nSPS) is 16.8. The number of hydrogen-bond donors (Lipinski definition) is 1. The first-order valence-electron chi connectivity index (χ1n) is 6.41. The van der Waals surface area contributed by atoms with E-state index in [-0.39, 0.29) is 0 Å². The molecule has 2 nitrogen and oxygen atoms in total. The van der Waals surface area contributed by atoms with Gasteiger partial charge in [0.2, 0.25) is 0 Å². The Balaban J connectivity index is 1.74. The second-order valence-corrected chi connectivity index (χ2v) is 5.51. The SMILES string of the molecule is CCNC(CCOc1cccc(Br)c1)C1CC1. The molecule has 0 heterocycles. The highest BCUT2D eigenvalue weighted by atomic mass is 79.9. The Bertz CT molecular complexity index is 352. The lowest BCUT2D eigenvalue weighted by atomic mass is 10.1. The fourth-order valence-corrected chi connectivity index (χ4v) is 2.50. The number of halogens is 1. The molecule has 17 heavy (non-hydrogen) atoms. The second-order valence-electron chi connectivity index (χ2n) is 4.60. The summed E-state index contributed by atoms with van der Waals surface area (Å²) in [5, 5.41) is 3.55. The molecule has 1 unspecified atom stereocenters. The van der Waals surface area contributed by atoms with Crippen LogP contribution in [0, 0.1) is 5.92 Å². The minimum Gasteiger partial charge on any atom is -0.493 e. The van der Waals surface area contributed by atoms with Gasteiger partial charge in [-0.05, 0) is 49.9 Å². The molecule has 94 valence electrons. The molecule has 0 saturated heterocycles. The average molecular weight is 298 g/mol. The van der Waals surface area contributed by atoms with Gasteiger partial charge in [-0.25, -0.2) is 0 Å². The van der Waals surface area contributed by atoms with Crippen LogP contribution in [-0.4, -0.2) is 19.2 Å². The Labute approximate surface area is 112 Å². The van der Waals surface area contributed by atoms with Crippen LogP contribution in [0.25, 0.3) is 0 Å². The van der Waals surface area contributed by atoms with Crippen LogP contribution in [-0.2, 0) is 0 Å². The van der Waals surface area contributed by atoms with E-state index < -0.39 is 0 Å². The molecule has 1 aliphatic rings. The van der Waals surface area contributed by atoms with E-state index in [0.29, 0.717) is 6.04 Å². The smallest absolute Gasteiger partial charge is 0.120 e. The summed E-state index contributed by atoms with van der Waals surface area (Å²) >= 11 is 3.45. The molecule has 1 fully saturated rings. The van der Waals surface area contributed by atoms with E-state index in [1.807, 2.05) is 24.3 Å². The van der Waals surface area contributed by atoms with Crippen molar-refractivity contribution in [2.45, 2.75) is 32.2 Å². The molecule has 1 aromatic carbocycles. The number of nitrogens with one attached hydrogen (secondary N) is 1. The lowest BCUT2D eigenvalue weighted by Crippen LogP contribution is -2.32. The number of benzene rings is 1. The Hall–Kier alpha value is -0.540. The van der Waals surface area contributed by atoms with Gasteiger partial charge in [0, 0.05) is 10.5 Å². The van der Waals surface area contributed by atoms with E-state index in [1.54, 1.807) is 0 Å². The topological polar surface area (TPSA) is 21.3 Å². The lowest BCUT2D eigenvalue weighted by Gasteiger charge is -2.17. The van der Waals surface area contributed by atoms with Gasteiger partial charge in [0.1, 0.15) is 5.75 Å². The van der Waals surface area contributed by atoms with Crippen molar-refractivity contribution in [3.05, 3.63) is 28.7 Å². The molecule has 1 aliphatic carbocycles. The van der Waals surface area contributed by atoms with E-state index in [1.165, 1.54) is 12.8 Å². The zero-order chi connectivity index (χ0) is 12.1. The van der Waals surface area contributed by atoms with Crippen LogP contribution >= 0.6 is 15.9 Å². The quantitative estimate of drug-likeness (QED) is 0.830. The summed E-state index contributed by atoms with van der Waals surface area (Å²) in [6, 6.07) is 8.68. The molecule has 1 aromatic rings. The largest absolute Gasteiger partial charge is 0.493 e. The minimum absolute atomic E-state index is 0.646. The third-order valence-electron chi connectivity index (χ3n) is 3.15. The van der Waals surface area contributed by atoms with E-state index in [0.717, 1.165) is 35.7 Å². The highest BCUT2D eigenvalue weighted by Gasteiger charge is 2.30. The monoisotopic (exact) mass is 297 g/mol. The third-order valence-corrected chi connectivity index (χ3v) is 3.64. The summed E-state index contributed by atoms with van der Waals surface area (Å²) < 4.78 is 6.84. The van der Waals surface area contributed by atoms with Crippen molar-refractivity contribution in [1.82, 2.24) is 5.32 Å². The Morgan fingerprint density at radius 1 is 1.47 bits per heavy atom. The Morgan fingerprint density at radius 3 is 2.94 bits per heavy atom. The van der Waals surface area contributed by atoms with Crippen molar-refractivity contribution >= 4 is 15.9 Å². The van der Waals surface area contributed by atoms with Crippen LogP contribution in [0.4, 0.5) is 0 Å². The van der Waals surface area contributed by atoms with Gasteiger partial charge >= 0.3 is 0 Å². The third kappa shape index (κ3) is 4.32. The summed E-state index contributed by atoms with van der Waals surface area (Å²) in [4.78, 5) is 0. The molecule has 0 radical (unpaired) electrons. The molecule has 0 aromatic heterocycles. The summed E-state index contributed by atoms with van der Waals surface area (Å²) in [5.41, 5.74) is 0. The predicted octanol–water partition coefficient (Wildman–Crippen LogP) is 3.61. The highest BCUT2D eigenvalue weighted by molar-refractivity contribution is 9.10. The van der Waals surface area contributed by atoms with E-state index >= 15 is 0 Å². The van der Waals surface area contributed by atoms with Crippen molar-refractivity contribution < 1.29 is 4.74 Å². The van der Waals surface area contributed by atoms with Crippen molar-refractivity contribution in [2.75, 3.05) is 13.2 Å². The van der Waals surface area contributed by atoms with Gasteiger partial charge in [0.25, 0.3) is 0 Å². The predicted molar refractivity (Wildman–Crippen MR) is 74.4 cm³/mol. The number of rotatable bonds is 7. The first-order chi connectivity index (χ1) is 8.29. The van der Waals surface area contributed by atoms with Crippen molar-refractivity contribution in [3.8, 4) is 5.75 Å². The molecule has 3 heteroatoms. The number of hydrogen-bond acceptors (Lipinski definition) is 2. The molecule has 0 amide bonds. The van der Waals surface area contributed by atoms with Crippen LogP contribution in [0.2, 0.25) is 0 Å². The van der Waals surface area contributed by atoms with Gasteiger partial charge < -0.3 is 10.1 Å². The fourth-order valence-electron chi connectivity index (χ4n) is 2.13. The van der Waals surface area contributed by atoms with Gasteiger partial charge in [-0.3, -0.25) is 0 Å². The van der Waals surface area contributed by atoms with Crippen molar-refractivity contribution in [2.24, 2.45) is 5.92 Å². The molecule has 0 aliphatic heterocycles. The van der Waals surface area contributed by atoms with Crippen LogP contribution in [0.15, 0.2) is 28.7 Å². The Morgan fingerprint density at radius 2 is 2.29 bits per heavy atom. The molecule has 2 rings (SSSR count). The first-order valence-corrected chi connectivity index (χ1v) is 7.20. The van der Waals surface area contributed by atoms with Crippen LogP contribution in [0.3, 0.4) is 0 Å². The van der Waals surface area contributed by atoms with E-state index in [9.17, 15) is 0 Å². The zero-order valence-electron chi connectivity index (χ0n) is 10.3. The second kappa shape index (κ2) is 6.41. The maximum Gasteiger partial charge on any atom is 0.120 e.